The minimum absolute atomic E-state index is 0.0735. The number of carboxylic acid groups (broad SMARTS) is 1. The Labute approximate surface area is 124 Å². The quantitative estimate of drug-likeness (QED) is 0.875. The standard InChI is InChI=1S/C15H22N2O4/c1-11(2)17(9-8-14(18)19)15(20)16(3)12-6-5-7-13(10-12)21-4/h5-7,10-11H,8-9H2,1-4H3,(H,18,19). The van der Waals surface area contributed by atoms with Gasteiger partial charge in [-0.3, -0.25) is 9.69 Å². The van der Waals surface area contributed by atoms with Crippen LogP contribution in [0, 0.1) is 0 Å². The SMILES string of the molecule is COc1cccc(N(C)C(=O)N(CCC(=O)O)C(C)C)c1. The van der Waals surface area contributed by atoms with Gasteiger partial charge in [-0.25, -0.2) is 4.79 Å². The number of methoxy groups -OCH3 is 1. The molecule has 0 spiro atoms. The fraction of sp³-hybridized carbons (Fsp3) is 0.467. The van der Waals surface area contributed by atoms with Crippen LogP contribution in [0.25, 0.3) is 0 Å². The van der Waals surface area contributed by atoms with Crippen LogP contribution in [0.5, 0.6) is 5.75 Å². The number of anilines is 1. The summed E-state index contributed by atoms with van der Waals surface area (Å²) in [5, 5.41) is 8.78. The predicted octanol–water partition coefficient (Wildman–Crippen LogP) is 2.44. The highest BCUT2D eigenvalue weighted by atomic mass is 16.5. The average Bonchev–Trinajstić information content (AvgIpc) is 2.45. The molecule has 1 N–H and O–H groups in total. The molecule has 1 rings (SSSR count). The van der Waals surface area contributed by atoms with Crippen molar-refractivity contribution in [3.8, 4) is 5.75 Å². The highest BCUT2D eigenvalue weighted by Gasteiger charge is 2.22. The first-order valence-corrected chi connectivity index (χ1v) is 6.77. The maximum Gasteiger partial charge on any atom is 0.324 e. The Kier molecular flexibility index (Phi) is 6.02. The maximum absolute atomic E-state index is 12.5. The van der Waals surface area contributed by atoms with Crippen LogP contribution in [0.15, 0.2) is 24.3 Å². The minimum atomic E-state index is -0.919. The first-order valence-electron chi connectivity index (χ1n) is 6.77. The number of carbonyl (C=O) groups is 2. The van der Waals surface area contributed by atoms with Crippen LogP contribution >= 0.6 is 0 Å². The van der Waals surface area contributed by atoms with Crippen molar-refractivity contribution >= 4 is 17.7 Å². The second kappa shape index (κ2) is 7.52. The summed E-state index contributed by atoms with van der Waals surface area (Å²) >= 11 is 0. The van der Waals surface area contributed by atoms with Crippen LogP contribution in [0.2, 0.25) is 0 Å². The van der Waals surface area contributed by atoms with E-state index in [2.05, 4.69) is 0 Å². The molecule has 1 aromatic rings. The van der Waals surface area contributed by atoms with Crippen molar-refractivity contribution in [3.05, 3.63) is 24.3 Å². The second-order valence-electron chi connectivity index (χ2n) is 4.97. The Hall–Kier alpha value is -2.24. The molecule has 0 atom stereocenters. The summed E-state index contributed by atoms with van der Waals surface area (Å²) < 4.78 is 5.14. The smallest absolute Gasteiger partial charge is 0.324 e. The van der Waals surface area contributed by atoms with Crippen molar-refractivity contribution in [2.75, 3.05) is 25.6 Å². The first-order chi connectivity index (χ1) is 9.86. The number of ether oxygens (including phenoxy) is 1. The van der Waals surface area contributed by atoms with Crippen molar-refractivity contribution in [3.63, 3.8) is 0 Å². The summed E-state index contributed by atoms with van der Waals surface area (Å²) in [6.07, 6.45) is -0.0735. The normalized spacial score (nSPS) is 10.3. The molecule has 0 aliphatic carbocycles. The van der Waals surface area contributed by atoms with Gasteiger partial charge in [0.2, 0.25) is 0 Å². The molecule has 0 heterocycles. The van der Waals surface area contributed by atoms with Gasteiger partial charge in [0.05, 0.1) is 13.5 Å². The third kappa shape index (κ3) is 4.66. The van der Waals surface area contributed by atoms with Gasteiger partial charge in [-0.2, -0.15) is 0 Å². The molecule has 0 aliphatic rings. The zero-order valence-corrected chi connectivity index (χ0v) is 12.9. The summed E-state index contributed by atoms with van der Waals surface area (Å²) in [5.41, 5.74) is 0.695. The lowest BCUT2D eigenvalue weighted by Gasteiger charge is -2.31. The van der Waals surface area contributed by atoms with E-state index in [4.69, 9.17) is 9.84 Å². The molecule has 6 nitrogen and oxygen atoms in total. The van der Waals surface area contributed by atoms with Crippen molar-refractivity contribution in [1.29, 1.82) is 0 Å². The van der Waals surface area contributed by atoms with E-state index < -0.39 is 5.97 Å². The number of rotatable bonds is 6. The van der Waals surface area contributed by atoms with Gasteiger partial charge in [-0.15, -0.1) is 0 Å². The van der Waals surface area contributed by atoms with Crippen LogP contribution in [0.3, 0.4) is 0 Å². The number of urea groups is 1. The Morgan fingerprint density at radius 1 is 1.33 bits per heavy atom. The van der Waals surface area contributed by atoms with Gasteiger partial charge >= 0.3 is 12.0 Å². The topological polar surface area (TPSA) is 70.1 Å². The minimum Gasteiger partial charge on any atom is -0.497 e. The predicted molar refractivity (Wildman–Crippen MR) is 80.9 cm³/mol. The highest BCUT2D eigenvalue weighted by Crippen LogP contribution is 2.21. The largest absolute Gasteiger partial charge is 0.497 e. The van der Waals surface area contributed by atoms with Crippen LogP contribution in [-0.2, 0) is 4.79 Å². The Morgan fingerprint density at radius 2 is 2.00 bits per heavy atom. The third-order valence-corrected chi connectivity index (χ3v) is 3.16. The monoisotopic (exact) mass is 294 g/mol. The van der Waals surface area contributed by atoms with Gasteiger partial charge < -0.3 is 14.7 Å². The highest BCUT2D eigenvalue weighted by molar-refractivity contribution is 5.92. The van der Waals surface area contributed by atoms with Crippen LogP contribution in [0.1, 0.15) is 20.3 Å². The Bertz CT molecular complexity index is 502. The van der Waals surface area contributed by atoms with Crippen molar-refractivity contribution in [1.82, 2.24) is 4.90 Å². The molecular weight excluding hydrogens is 272 g/mol. The lowest BCUT2D eigenvalue weighted by molar-refractivity contribution is -0.137. The average molecular weight is 294 g/mol. The Balaban J connectivity index is 2.88. The molecule has 1 aromatic carbocycles. The number of hydrogen-bond acceptors (Lipinski definition) is 3. The first kappa shape index (κ1) is 16.8. The van der Waals surface area contributed by atoms with Crippen LogP contribution < -0.4 is 9.64 Å². The second-order valence-corrected chi connectivity index (χ2v) is 4.97. The molecule has 0 aromatic heterocycles. The van der Waals surface area contributed by atoms with E-state index in [1.807, 2.05) is 13.8 Å². The number of hydrogen-bond donors (Lipinski definition) is 1. The fourth-order valence-corrected chi connectivity index (χ4v) is 1.91. The number of benzene rings is 1. The van der Waals surface area contributed by atoms with E-state index in [0.29, 0.717) is 11.4 Å². The van der Waals surface area contributed by atoms with Gasteiger partial charge in [-0.05, 0) is 26.0 Å². The maximum atomic E-state index is 12.5. The lowest BCUT2D eigenvalue weighted by atomic mass is 10.2. The van der Waals surface area contributed by atoms with Gasteiger partial charge in [0.25, 0.3) is 0 Å². The molecule has 21 heavy (non-hydrogen) atoms. The number of aliphatic carboxylic acids is 1. The number of carboxylic acids is 1. The molecule has 2 amide bonds. The summed E-state index contributed by atoms with van der Waals surface area (Å²) in [6, 6.07) is 6.84. The summed E-state index contributed by atoms with van der Waals surface area (Å²) in [5.74, 6) is -0.258. The van der Waals surface area contributed by atoms with E-state index in [-0.39, 0.29) is 25.0 Å². The van der Waals surface area contributed by atoms with Crippen molar-refractivity contribution in [2.24, 2.45) is 0 Å². The molecule has 0 saturated heterocycles. The van der Waals surface area contributed by atoms with Gasteiger partial charge in [0.1, 0.15) is 5.75 Å². The number of nitrogens with zero attached hydrogens (tertiary/aromatic N) is 2. The molecule has 116 valence electrons. The van der Waals surface area contributed by atoms with Gasteiger partial charge in [0, 0.05) is 31.4 Å². The summed E-state index contributed by atoms with van der Waals surface area (Å²) in [7, 11) is 3.22. The number of carbonyl (C=O) groups excluding carboxylic acids is 1. The van der Waals surface area contributed by atoms with Crippen molar-refractivity contribution in [2.45, 2.75) is 26.3 Å². The Morgan fingerprint density at radius 3 is 2.52 bits per heavy atom. The van der Waals surface area contributed by atoms with E-state index >= 15 is 0 Å². The van der Waals surface area contributed by atoms with Crippen molar-refractivity contribution < 1.29 is 19.4 Å². The van der Waals surface area contributed by atoms with E-state index in [0.717, 1.165) is 0 Å². The molecular formula is C15H22N2O4. The third-order valence-electron chi connectivity index (χ3n) is 3.16. The molecule has 6 heteroatoms. The van der Waals surface area contributed by atoms with Gasteiger partial charge in [-0.1, -0.05) is 6.07 Å². The molecule has 0 saturated carbocycles. The van der Waals surface area contributed by atoms with E-state index in [1.54, 1.807) is 38.4 Å². The zero-order chi connectivity index (χ0) is 16.0. The molecule has 0 unspecified atom stereocenters. The zero-order valence-electron chi connectivity index (χ0n) is 12.9. The molecule has 0 fully saturated rings. The lowest BCUT2D eigenvalue weighted by Crippen LogP contribution is -2.45. The summed E-state index contributed by atoms with van der Waals surface area (Å²) in [6.45, 7) is 3.90. The molecule has 0 bridgehead atoms. The van der Waals surface area contributed by atoms with E-state index in [9.17, 15) is 9.59 Å². The van der Waals surface area contributed by atoms with Crippen LogP contribution in [-0.4, -0.2) is 48.8 Å². The van der Waals surface area contributed by atoms with E-state index in [1.165, 1.54) is 9.80 Å². The fourth-order valence-electron chi connectivity index (χ4n) is 1.91. The van der Waals surface area contributed by atoms with Crippen LogP contribution in [0.4, 0.5) is 10.5 Å². The number of amides is 2. The molecule has 0 aliphatic heterocycles. The van der Waals surface area contributed by atoms with Gasteiger partial charge in [0.15, 0.2) is 0 Å². The molecule has 0 radical (unpaired) electrons. The summed E-state index contributed by atoms with van der Waals surface area (Å²) in [4.78, 5) is 26.2.